The van der Waals surface area contributed by atoms with Crippen LogP contribution >= 0.6 is 0 Å². The first-order chi connectivity index (χ1) is 19.5. The number of methoxy groups -OCH3 is 1. The standard InChI is InChI=1S/C25H22F6N6O4/c1-40-15-9-32-21(33-10-15)17-7-13-4-6-37(23(39)16(13)8-18(17)26)5-2-3-14(12-41-24(27)28)35-19-11-34-36-22(38)20(19)25(29,30)31/h4,6-11,14,24H,2-3,5,12H2,1H3,(H2,35,36,38)/t14-/m1/s1. The number of aromatic amines is 1. The first kappa shape index (κ1) is 29.5. The maximum absolute atomic E-state index is 14.9. The van der Waals surface area contributed by atoms with Crippen molar-refractivity contribution in [2.75, 3.05) is 19.0 Å². The molecule has 16 heteroatoms. The molecule has 0 aliphatic heterocycles. The van der Waals surface area contributed by atoms with Crippen molar-refractivity contribution in [1.29, 1.82) is 0 Å². The first-order valence-electron chi connectivity index (χ1n) is 12.0. The molecule has 0 aliphatic rings. The third-order valence-corrected chi connectivity index (χ3v) is 6.04. The minimum Gasteiger partial charge on any atom is -0.494 e. The third kappa shape index (κ3) is 7.00. The molecule has 0 radical (unpaired) electrons. The zero-order chi connectivity index (χ0) is 29.7. The van der Waals surface area contributed by atoms with Crippen molar-refractivity contribution in [3.63, 3.8) is 0 Å². The van der Waals surface area contributed by atoms with Crippen LogP contribution in [-0.2, 0) is 17.5 Å². The van der Waals surface area contributed by atoms with Gasteiger partial charge in [-0.3, -0.25) is 9.59 Å². The van der Waals surface area contributed by atoms with E-state index in [1.54, 1.807) is 11.2 Å². The van der Waals surface area contributed by atoms with Gasteiger partial charge in [0.25, 0.3) is 11.1 Å². The Morgan fingerprint density at radius 1 is 1.12 bits per heavy atom. The van der Waals surface area contributed by atoms with Crippen molar-refractivity contribution in [2.45, 2.75) is 38.2 Å². The number of pyridine rings is 1. The molecule has 1 atom stereocenters. The Kier molecular flexibility index (Phi) is 8.90. The van der Waals surface area contributed by atoms with Crippen molar-refractivity contribution >= 4 is 16.5 Å². The Labute approximate surface area is 227 Å². The number of hydrogen-bond acceptors (Lipinski definition) is 8. The molecule has 10 nitrogen and oxygen atoms in total. The molecule has 41 heavy (non-hydrogen) atoms. The zero-order valence-electron chi connectivity index (χ0n) is 21.2. The van der Waals surface area contributed by atoms with Crippen LogP contribution < -0.4 is 21.2 Å². The summed E-state index contributed by atoms with van der Waals surface area (Å²) in [5.74, 6) is -0.271. The lowest BCUT2D eigenvalue weighted by molar-refractivity contribution is -0.138. The number of hydrogen-bond donors (Lipinski definition) is 2. The highest BCUT2D eigenvalue weighted by Gasteiger charge is 2.37. The van der Waals surface area contributed by atoms with Crippen LogP contribution in [0, 0.1) is 5.82 Å². The number of nitrogens with one attached hydrogen (secondary N) is 2. The summed E-state index contributed by atoms with van der Waals surface area (Å²) in [6.07, 6.45) is -0.0598. The number of H-pyrrole nitrogens is 1. The number of rotatable bonds is 11. The zero-order valence-corrected chi connectivity index (χ0v) is 21.2. The van der Waals surface area contributed by atoms with E-state index in [1.807, 2.05) is 0 Å². The van der Waals surface area contributed by atoms with Gasteiger partial charge in [-0.2, -0.15) is 27.1 Å². The van der Waals surface area contributed by atoms with Gasteiger partial charge >= 0.3 is 12.8 Å². The summed E-state index contributed by atoms with van der Waals surface area (Å²) < 4.78 is 90.9. The Hall–Kier alpha value is -4.47. The number of alkyl halides is 5. The average molecular weight is 584 g/mol. The van der Waals surface area contributed by atoms with Crippen molar-refractivity contribution in [2.24, 2.45) is 0 Å². The second-order valence-corrected chi connectivity index (χ2v) is 8.74. The quantitative estimate of drug-likeness (QED) is 0.252. The summed E-state index contributed by atoms with van der Waals surface area (Å²) in [6.45, 7) is -3.87. The molecule has 0 saturated carbocycles. The number of fused-ring (bicyclic) bond motifs is 1. The summed E-state index contributed by atoms with van der Waals surface area (Å²) in [5, 5.41) is 7.89. The highest BCUT2D eigenvalue weighted by molar-refractivity contribution is 5.86. The number of aryl methyl sites for hydroxylation is 1. The fourth-order valence-corrected chi connectivity index (χ4v) is 4.12. The molecule has 0 bridgehead atoms. The van der Waals surface area contributed by atoms with Gasteiger partial charge in [-0.1, -0.05) is 0 Å². The van der Waals surface area contributed by atoms with E-state index in [9.17, 15) is 35.9 Å². The van der Waals surface area contributed by atoms with E-state index < -0.39 is 53.6 Å². The van der Waals surface area contributed by atoms with Gasteiger partial charge in [-0.05, 0) is 36.4 Å². The number of halogens is 6. The minimum atomic E-state index is -5.04. The molecule has 4 aromatic rings. The summed E-state index contributed by atoms with van der Waals surface area (Å²) >= 11 is 0. The third-order valence-electron chi connectivity index (χ3n) is 6.04. The number of anilines is 1. The Bertz CT molecular complexity index is 1620. The predicted molar refractivity (Wildman–Crippen MR) is 134 cm³/mol. The van der Waals surface area contributed by atoms with Crippen LogP contribution in [0.2, 0.25) is 0 Å². The Morgan fingerprint density at radius 2 is 1.85 bits per heavy atom. The summed E-state index contributed by atoms with van der Waals surface area (Å²) in [4.78, 5) is 32.9. The first-order valence-corrected chi connectivity index (χ1v) is 12.0. The fraction of sp³-hybridized carbons (Fsp3) is 0.320. The molecule has 0 aliphatic carbocycles. The van der Waals surface area contributed by atoms with E-state index in [2.05, 4.69) is 25.1 Å². The average Bonchev–Trinajstić information content (AvgIpc) is 2.92. The van der Waals surface area contributed by atoms with Gasteiger partial charge in [0.2, 0.25) is 0 Å². The maximum Gasteiger partial charge on any atom is 0.423 e. The van der Waals surface area contributed by atoms with Gasteiger partial charge in [0.1, 0.15) is 11.4 Å². The Morgan fingerprint density at radius 3 is 2.51 bits per heavy atom. The van der Waals surface area contributed by atoms with Crippen LogP contribution in [0.25, 0.3) is 22.2 Å². The van der Waals surface area contributed by atoms with Gasteiger partial charge in [-0.15, -0.1) is 0 Å². The lowest BCUT2D eigenvalue weighted by Gasteiger charge is -2.22. The highest BCUT2D eigenvalue weighted by atomic mass is 19.4. The van der Waals surface area contributed by atoms with Gasteiger partial charge in [0, 0.05) is 18.8 Å². The van der Waals surface area contributed by atoms with Gasteiger partial charge in [0.05, 0.1) is 48.9 Å². The SMILES string of the molecule is COc1cnc(-c2cc3ccn(CCC[C@H](COC(F)F)Nc4cn[nH]c(=O)c4C(F)(F)F)c(=O)c3cc2F)nc1. The van der Waals surface area contributed by atoms with E-state index >= 15 is 0 Å². The molecule has 2 N–H and O–H groups in total. The van der Waals surface area contributed by atoms with Gasteiger partial charge in [-0.25, -0.2) is 19.5 Å². The van der Waals surface area contributed by atoms with Crippen LogP contribution in [0.15, 0.2) is 52.6 Å². The Balaban J connectivity index is 1.52. The molecule has 1 aromatic carbocycles. The summed E-state index contributed by atoms with van der Waals surface area (Å²) in [7, 11) is 1.43. The predicted octanol–water partition coefficient (Wildman–Crippen LogP) is 4.21. The molecule has 0 saturated heterocycles. The van der Waals surface area contributed by atoms with Gasteiger partial charge in [0.15, 0.2) is 11.6 Å². The molecule has 0 unspecified atom stereocenters. The van der Waals surface area contributed by atoms with Crippen molar-refractivity contribution < 1.29 is 35.8 Å². The van der Waals surface area contributed by atoms with Crippen LogP contribution in [0.1, 0.15) is 18.4 Å². The van der Waals surface area contributed by atoms with Crippen molar-refractivity contribution in [3.05, 3.63) is 75.1 Å². The van der Waals surface area contributed by atoms with Crippen LogP contribution in [0.4, 0.5) is 32.0 Å². The van der Waals surface area contributed by atoms with Crippen LogP contribution in [-0.4, -0.2) is 51.1 Å². The molecular weight excluding hydrogens is 562 g/mol. The molecule has 3 heterocycles. The number of aromatic nitrogens is 5. The fourth-order valence-electron chi connectivity index (χ4n) is 4.12. The second-order valence-electron chi connectivity index (χ2n) is 8.74. The highest BCUT2D eigenvalue weighted by Crippen LogP contribution is 2.32. The molecule has 0 spiro atoms. The minimum absolute atomic E-state index is 0.0202. The molecule has 0 amide bonds. The van der Waals surface area contributed by atoms with E-state index in [-0.39, 0.29) is 36.2 Å². The van der Waals surface area contributed by atoms with E-state index in [1.165, 1.54) is 36.3 Å². The maximum atomic E-state index is 14.9. The number of benzene rings is 1. The summed E-state index contributed by atoms with van der Waals surface area (Å²) in [5.41, 5.74) is -4.26. The molecule has 0 fully saturated rings. The van der Waals surface area contributed by atoms with Crippen LogP contribution in [0.5, 0.6) is 5.75 Å². The molecule has 3 aromatic heterocycles. The molecule has 218 valence electrons. The van der Waals surface area contributed by atoms with Crippen LogP contribution in [0.3, 0.4) is 0 Å². The van der Waals surface area contributed by atoms with Crippen molar-refractivity contribution in [3.8, 4) is 17.1 Å². The summed E-state index contributed by atoms with van der Waals surface area (Å²) in [6, 6.07) is 2.94. The van der Waals surface area contributed by atoms with Gasteiger partial charge < -0.3 is 19.4 Å². The van der Waals surface area contributed by atoms with E-state index in [0.717, 1.165) is 6.07 Å². The van der Waals surface area contributed by atoms with E-state index in [0.29, 0.717) is 17.3 Å². The largest absolute Gasteiger partial charge is 0.494 e. The lowest BCUT2D eigenvalue weighted by atomic mass is 10.1. The normalized spacial score (nSPS) is 12.6. The topological polar surface area (TPSA) is 124 Å². The monoisotopic (exact) mass is 584 g/mol. The molecular formula is C25H22F6N6O4. The number of ether oxygens (including phenoxy) is 2. The second kappa shape index (κ2) is 12.4. The van der Waals surface area contributed by atoms with E-state index in [4.69, 9.17) is 4.74 Å². The smallest absolute Gasteiger partial charge is 0.423 e. The molecule has 4 rings (SSSR count). The lowest BCUT2D eigenvalue weighted by Crippen LogP contribution is -2.32. The van der Waals surface area contributed by atoms with Crippen molar-refractivity contribution in [1.82, 2.24) is 24.7 Å². The number of nitrogens with zero attached hydrogens (tertiary/aromatic N) is 4.